The summed E-state index contributed by atoms with van der Waals surface area (Å²) in [5, 5.41) is 11.5. The molecule has 2 amide bonds. The maximum Gasteiger partial charge on any atom is 0.414 e. The minimum atomic E-state index is -1.73. The minimum absolute atomic E-state index is 0.00717. The SMILES string of the molecule is CC(=O)NCC1CN(c2ccc([S+]([O-])C3CCN(c4nc5c(cc4F)c(=O)c(C(=O)O)cn5C4CC4)CC3)c(F)c2)C(=O)O1. The number of carboxylic acid groups (broad SMARTS) is 1. The molecule has 3 aromatic rings. The Morgan fingerprint density at radius 2 is 1.86 bits per heavy atom. The van der Waals surface area contributed by atoms with Gasteiger partial charge in [-0.2, -0.15) is 0 Å². The Balaban J connectivity index is 1.15. The highest BCUT2D eigenvalue weighted by Crippen LogP contribution is 2.38. The molecule has 1 aromatic carbocycles. The summed E-state index contributed by atoms with van der Waals surface area (Å²) in [7, 11) is 0. The maximum absolute atomic E-state index is 15.3. The number of piperidine rings is 1. The van der Waals surface area contributed by atoms with E-state index in [-0.39, 0.29) is 65.6 Å². The molecule has 0 bridgehead atoms. The van der Waals surface area contributed by atoms with Crippen molar-refractivity contribution < 1.29 is 37.6 Å². The van der Waals surface area contributed by atoms with E-state index >= 15 is 8.78 Å². The van der Waals surface area contributed by atoms with E-state index in [0.29, 0.717) is 12.8 Å². The molecule has 232 valence electrons. The number of aromatic nitrogens is 2. The van der Waals surface area contributed by atoms with E-state index in [4.69, 9.17) is 4.74 Å². The number of ether oxygens (including phenoxy) is 1. The van der Waals surface area contributed by atoms with Gasteiger partial charge in [-0.1, -0.05) is 0 Å². The first-order valence-corrected chi connectivity index (χ1v) is 15.4. The molecule has 0 spiro atoms. The summed E-state index contributed by atoms with van der Waals surface area (Å²) in [5.41, 5.74) is -0.772. The van der Waals surface area contributed by atoms with Gasteiger partial charge in [-0.3, -0.25) is 14.5 Å². The molecule has 0 radical (unpaired) electrons. The standard InChI is InChI=1S/C29H29F2N5O7S/c1-15(37)32-12-18-13-36(29(41)43-18)17-4-5-24(22(30)10-17)44(42)19-6-8-34(9-7-19)27-23(31)11-20-25(38)21(28(39)40)14-35(16-2-3-16)26(20)33-27/h4-5,10-11,14,16,18-19H,2-3,6-9,12-13H2,1H3,(H,32,37)(H,39,40). The molecule has 2 aromatic heterocycles. The molecule has 12 nitrogen and oxygen atoms in total. The van der Waals surface area contributed by atoms with Gasteiger partial charge in [0.15, 0.2) is 22.3 Å². The number of anilines is 2. The van der Waals surface area contributed by atoms with Crippen LogP contribution in [0.25, 0.3) is 11.0 Å². The lowest BCUT2D eigenvalue weighted by Crippen LogP contribution is -2.40. The summed E-state index contributed by atoms with van der Waals surface area (Å²) in [6.07, 6.45) is 2.30. The zero-order chi connectivity index (χ0) is 31.3. The van der Waals surface area contributed by atoms with E-state index in [1.807, 2.05) is 0 Å². The summed E-state index contributed by atoms with van der Waals surface area (Å²) >= 11 is -1.73. The Kier molecular flexibility index (Phi) is 7.92. The second-order valence-electron chi connectivity index (χ2n) is 11.1. The summed E-state index contributed by atoms with van der Waals surface area (Å²) in [4.78, 5) is 55.2. The molecule has 1 aliphatic carbocycles. The van der Waals surface area contributed by atoms with Crippen molar-refractivity contribution in [1.29, 1.82) is 0 Å². The van der Waals surface area contributed by atoms with Crippen LogP contribution in [-0.4, -0.2) is 74.7 Å². The molecule has 4 heterocycles. The topological polar surface area (TPSA) is 157 Å². The minimum Gasteiger partial charge on any atom is -0.611 e. The van der Waals surface area contributed by atoms with Crippen molar-refractivity contribution in [2.45, 2.75) is 54.9 Å². The average Bonchev–Trinajstić information content (AvgIpc) is 3.77. The molecular formula is C29H29F2N5O7S. The number of fused-ring (bicyclic) bond motifs is 1. The predicted octanol–water partition coefficient (Wildman–Crippen LogP) is 2.95. The number of carboxylic acids is 1. The molecule has 44 heavy (non-hydrogen) atoms. The van der Waals surface area contributed by atoms with Crippen LogP contribution >= 0.6 is 0 Å². The molecule has 2 atom stereocenters. The molecule has 15 heteroatoms. The van der Waals surface area contributed by atoms with Crippen LogP contribution in [-0.2, 0) is 20.7 Å². The van der Waals surface area contributed by atoms with Crippen LogP contribution in [0.5, 0.6) is 0 Å². The van der Waals surface area contributed by atoms with Gasteiger partial charge >= 0.3 is 12.1 Å². The quantitative estimate of drug-likeness (QED) is 0.358. The van der Waals surface area contributed by atoms with Crippen molar-refractivity contribution in [3.8, 4) is 0 Å². The van der Waals surface area contributed by atoms with Gasteiger partial charge in [0.25, 0.3) is 0 Å². The second-order valence-corrected chi connectivity index (χ2v) is 12.8. The molecule has 3 aliphatic rings. The van der Waals surface area contributed by atoms with Crippen LogP contribution in [0, 0.1) is 11.6 Å². The van der Waals surface area contributed by atoms with Crippen LogP contribution < -0.4 is 20.5 Å². The number of cyclic esters (lactones) is 1. The van der Waals surface area contributed by atoms with Gasteiger partial charge in [0.05, 0.1) is 24.2 Å². The van der Waals surface area contributed by atoms with E-state index in [1.54, 1.807) is 9.47 Å². The lowest BCUT2D eigenvalue weighted by Gasteiger charge is -2.33. The van der Waals surface area contributed by atoms with Crippen molar-refractivity contribution in [3.05, 3.63) is 57.9 Å². The number of rotatable bonds is 8. The molecule has 2 saturated heterocycles. The number of aromatic carboxylic acids is 1. The maximum atomic E-state index is 15.3. The fraction of sp³-hybridized carbons (Fsp3) is 0.414. The largest absolute Gasteiger partial charge is 0.611 e. The number of benzene rings is 1. The van der Waals surface area contributed by atoms with E-state index in [0.717, 1.165) is 25.0 Å². The van der Waals surface area contributed by atoms with Crippen molar-refractivity contribution in [2.75, 3.05) is 36.0 Å². The van der Waals surface area contributed by atoms with Crippen molar-refractivity contribution in [1.82, 2.24) is 14.9 Å². The second kappa shape index (κ2) is 11.7. The summed E-state index contributed by atoms with van der Waals surface area (Å²) < 4.78 is 50.7. The molecular weight excluding hydrogens is 600 g/mol. The first-order valence-electron chi connectivity index (χ1n) is 14.2. The Hall–Kier alpha value is -4.24. The van der Waals surface area contributed by atoms with Gasteiger partial charge < -0.3 is 29.2 Å². The number of carbonyl (C=O) groups is 3. The fourth-order valence-corrected chi connectivity index (χ4v) is 7.07. The third-order valence-electron chi connectivity index (χ3n) is 8.05. The fourth-order valence-electron chi connectivity index (χ4n) is 5.62. The number of nitrogens with zero attached hydrogens (tertiary/aromatic N) is 4. The molecule has 6 rings (SSSR count). The predicted molar refractivity (Wildman–Crippen MR) is 156 cm³/mol. The molecule has 2 aliphatic heterocycles. The number of pyridine rings is 2. The van der Waals surface area contributed by atoms with Crippen molar-refractivity contribution in [2.24, 2.45) is 0 Å². The van der Waals surface area contributed by atoms with E-state index in [9.17, 15) is 28.8 Å². The Morgan fingerprint density at radius 3 is 2.50 bits per heavy atom. The van der Waals surface area contributed by atoms with Gasteiger partial charge in [-0.15, -0.1) is 0 Å². The number of nitrogens with one attached hydrogen (secondary N) is 1. The van der Waals surface area contributed by atoms with Gasteiger partial charge in [0, 0.05) is 51.2 Å². The van der Waals surface area contributed by atoms with Crippen LogP contribution in [0.1, 0.15) is 49.0 Å². The monoisotopic (exact) mass is 629 g/mol. The highest BCUT2D eigenvalue weighted by Gasteiger charge is 2.36. The number of amides is 2. The van der Waals surface area contributed by atoms with Crippen molar-refractivity contribution in [3.63, 3.8) is 0 Å². The van der Waals surface area contributed by atoms with Gasteiger partial charge in [-0.25, -0.2) is 23.4 Å². The summed E-state index contributed by atoms with van der Waals surface area (Å²) in [6.45, 7) is 2.16. The van der Waals surface area contributed by atoms with Gasteiger partial charge in [0.1, 0.15) is 22.6 Å². The summed E-state index contributed by atoms with van der Waals surface area (Å²) in [6, 6.07) is 5.03. The van der Waals surface area contributed by atoms with E-state index in [2.05, 4.69) is 10.3 Å². The first kappa shape index (κ1) is 29.8. The number of hydrogen-bond donors (Lipinski definition) is 2. The highest BCUT2D eigenvalue weighted by atomic mass is 32.2. The lowest BCUT2D eigenvalue weighted by molar-refractivity contribution is -0.119. The van der Waals surface area contributed by atoms with Crippen LogP contribution in [0.3, 0.4) is 0 Å². The molecule has 1 saturated carbocycles. The van der Waals surface area contributed by atoms with E-state index < -0.39 is 57.2 Å². The number of hydrogen-bond acceptors (Lipinski definition) is 8. The normalized spacial score (nSPS) is 19.7. The number of carbonyl (C=O) groups excluding carboxylic acids is 2. The Bertz CT molecular complexity index is 1720. The van der Waals surface area contributed by atoms with E-state index in [1.165, 1.54) is 30.2 Å². The molecule has 2 N–H and O–H groups in total. The lowest BCUT2D eigenvalue weighted by atomic mass is 10.1. The van der Waals surface area contributed by atoms with Crippen LogP contribution in [0.2, 0.25) is 0 Å². The highest BCUT2D eigenvalue weighted by molar-refractivity contribution is 7.92. The Morgan fingerprint density at radius 1 is 1.14 bits per heavy atom. The third kappa shape index (κ3) is 5.68. The Labute approximate surface area is 252 Å². The third-order valence-corrected chi connectivity index (χ3v) is 9.89. The molecule has 3 fully saturated rings. The van der Waals surface area contributed by atoms with Gasteiger partial charge in [0.2, 0.25) is 11.3 Å². The zero-order valence-corrected chi connectivity index (χ0v) is 24.4. The first-order chi connectivity index (χ1) is 21.0. The van der Waals surface area contributed by atoms with Crippen LogP contribution in [0.15, 0.2) is 40.2 Å². The summed E-state index contributed by atoms with van der Waals surface area (Å²) in [5.74, 6) is -3.13. The van der Waals surface area contributed by atoms with Crippen molar-refractivity contribution >= 4 is 51.7 Å². The van der Waals surface area contributed by atoms with Crippen LogP contribution in [0.4, 0.5) is 25.1 Å². The molecule has 2 unspecified atom stereocenters. The van der Waals surface area contributed by atoms with Gasteiger partial charge in [-0.05, 0) is 42.2 Å². The zero-order valence-electron chi connectivity index (χ0n) is 23.6. The number of halogens is 2. The average molecular weight is 630 g/mol. The smallest absolute Gasteiger partial charge is 0.414 e.